The number of rotatable bonds is 6. The van der Waals surface area contributed by atoms with Crippen LogP contribution in [0.5, 0.6) is 0 Å². The Balaban J connectivity index is 0. The number of hydrogen-bond donors (Lipinski definition) is 4. The molecule has 0 unspecified atom stereocenters. The van der Waals surface area contributed by atoms with Crippen LogP contribution in [-0.4, -0.2) is 45.8 Å². The third kappa shape index (κ3) is 7.61. The molecule has 0 radical (unpaired) electrons. The van der Waals surface area contributed by atoms with E-state index in [0.717, 1.165) is 0 Å². The summed E-state index contributed by atoms with van der Waals surface area (Å²) in [7, 11) is 0. The van der Waals surface area contributed by atoms with Crippen LogP contribution in [0.15, 0.2) is 0 Å². The van der Waals surface area contributed by atoms with Gasteiger partial charge in [0.2, 0.25) is 11.9 Å². The fraction of sp³-hybridized carbons (Fsp3) is 0.727. The van der Waals surface area contributed by atoms with Crippen LogP contribution in [0.3, 0.4) is 0 Å². The van der Waals surface area contributed by atoms with Gasteiger partial charge in [0.25, 0.3) is 0 Å². The first-order valence-electron chi connectivity index (χ1n) is 5.72. The molecule has 0 aromatic heterocycles. The summed E-state index contributed by atoms with van der Waals surface area (Å²) < 4.78 is 0. The molecule has 0 fully saturated rings. The van der Waals surface area contributed by atoms with Gasteiger partial charge in [-0.1, -0.05) is 13.8 Å². The molecule has 0 heterocycles. The van der Waals surface area contributed by atoms with Crippen LogP contribution in [0, 0.1) is 5.92 Å². The van der Waals surface area contributed by atoms with E-state index in [0.29, 0.717) is 12.8 Å². The average Bonchev–Trinajstić information content (AvgIpc) is 2.27. The van der Waals surface area contributed by atoms with Gasteiger partial charge < -0.3 is 20.6 Å². The molecule has 7 heteroatoms. The fourth-order valence-electron chi connectivity index (χ4n) is 1.15. The average molecular weight is 263 g/mol. The normalized spacial score (nSPS) is 9.67. The van der Waals surface area contributed by atoms with E-state index in [1.807, 2.05) is 5.32 Å². The predicted octanol–water partition coefficient (Wildman–Crippen LogP) is 0.0752. The monoisotopic (exact) mass is 263 g/mol. The highest BCUT2D eigenvalue weighted by Crippen LogP contribution is 2.07. The van der Waals surface area contributed by atoms with Gasteiger partial charge >= 0.3 is 11.9 Å². The topological polar surface area (TPSA) is 124 Å². The van der Waals surface area contributed by atoms with Crippen LogP contribution in [-0.2, 0) is 14.4 Å². The quantitative estimate of drug-likeness (QED) is 0.503. The van der Waals surface area contributed by atoms with Gasteiger partial charge in [0.1, 0.15) is 0 Å². The number of carboxylic acid groups (broad SMARTS) is 2. The summed E-state index contributed by atoms with van der Waals surface area (Å²) in [5.41, 5.74) is 0. The lowest BCUT2D eigenvalue weighted by atomic mass is 10.0. The van der Waals surface area contributed by atoms with E-state index in [2.05, 4.69) is 0 Å². The molecular formula is C11H21NO6. The molecule has 0 aromatic rings. The predicted molar refractivity (Wildman–Crippen MR) is 64.0 cm³/mol. The van der Waals surface area contributed by atoms with Crippen molar-refractivity contribution in [1.82, 2.24) is 5.32 Å². The fourth-order valence-corrected chi connectivity index (χ4v) is 1.15. The molecule has 106 valence electrons. The first-order valence-corrected chi connectivity index (χ1v) is 5.72. The summed E-state index contributed by atoms with van der Waals surface area (Å²) >= 11 is 0. The Bertz CT molecular complexity index is 261. The molecule has 7 nitrogen and oxygen atoms in total. The van der Waals surface area contributed by atoms with E-state index in [-0.39, 0.29) is 12.5 Å². The molecule has 0 aliphatic carbocycles. The Morgan fingerprint density at radius 1 is 1.00 bits per heavy atom. The number of aliphatic carboxylic acids is 2. The lowest BCUT2D eigenvalue weighted by Gasteiger charge is -2.15. The van der Waals surface area contributed by atoms with Crippen LogP contribution in [0.4, 0.5) is 0 Å². The zero-order valence-corrected chi connectivity index (χ0v) is 10.8. The minimum Gasteiger partial charge on any atom is -0.479 e. The number of aliphatic hydroxyl groups excluding tert-OH is 1. The van der Waals surface area contributed by atoms with E-state index in [1.54, 1.807) is 20.8 Å². The second-order valence-electron chi connectivity index (χ2n) is 3.45. The second kappa shape index (κ2) is 10.5. The Labute approximate surface area is 106 Å². The van der Waals surface area contributed by atoms with Gasteiger partial charge in [-0.05, 0) is 19.8 Å². The lowest BCUT2D eigenvalue weighted by Crippen LogP contribution is -2.48. The van der Waals surface area contributed by atoms with Gasteiger partial charge in [-0.2, -0.15) is 0 Å². The molecule has 0 spiro atoms. The highest BCUT2D eigenvalue weighted by Gasteiger charge is 2.29. The summed E-state index contributed by atoms with van der Waals surface area (Å²) in [6.45, 7) is 5.49. The molecule has 0 rings (SSSR count). The highest BCUT2D eigenvalue weighted by atomic mass is 16.4. The van der Waals surface area contributed by atoms with E-state index in [9.17, 15) is 14.4 Å². The number of aliphatic hydroxyl groups is 1. The zero-order chi connectivity index (χ0) is 14.7. The third-order valence-corrected chi connectivity index (χ3v) is 2.14. The third-order valence-electron chi connectivity index (χ3n) is 2.14. The van der Waals surface area contributed by atoms with Crippen molar-refractivity contribution in [1.29, 1.82) is 0 Å². The maximum Gasteiger partial charge on any atom is 0.338 e. The van der Waals surface area contributed by atoms with Crippen molar-refractivity contribution < 1.29 is 29.7 Å². The van der Waals surface area contributed by atoms with Crippen molar-refractivity contribution in [2.45, 2.75) is 39.7 Å². The summed E-state index contributed by atoms with van der Waals surface area (Å²) in [5.74, 6) is -4.01. The maximum atomic E-state index is 11.4. The Morgan fingerprint density at radius 3 is 1.56 bits per heavy atom. The molecule has 1 amide bonds. The second-order valence-corrected chi connectivity index (χ2v) is 3.45. The van der Waals surface area contributed by atoms with Gasteiger partial charge in [-0.15, -0.1) is 0 Å². The van der Waals surface area contributed by atoms with Crippen LogP contribution < -0.4 is 5.32 Å². The van der Waals surface area contributed by atoms with Crippen molar-refractivity contribution in [3.05, 3.63) is 0 Å². The number of carbonyl (C=O) groups is 3. The molecule has 0 bridgehead atoms. The number of carboxylic acids is 2. The van der Waals surface area contributed by atoms with Gasteiger partial charge in [0, 0.05) is 12.5 Å². The Kier molecular flexibility index (Phi) is 10.9. The van der Waals surface area contributed by atoms with E-state index < -0.39 is 23.9 Å². The first-order chi connectivity index (χ1) is 8.35. The molecule has 18 heavy (non-hydrogen) atoms. The number of amides is 1. The van der Waals surface area contributed by atoms with E-state index >= 15 is 0 Å². The number of carbonyl (C=O) groups excluding carboxylic acids is 1. The van der Waals surface area contributed by atoms with E-state index in [4.69, 9.17) is 15.3 Å². The molecule has 4 N–H and O–H groups in total. The first kappa shape index (κ1) is 18.7. The minimum atomic E-state index is -1.86. The molecule has 0 aromatic carbocycles. The van der Waals surface area contributed by atoms with Gasteiger partial charge in [0.05, 0.1) is 0 Å². The molecular weight excluding hydrogens is 242 g/mol. The number of hydrogen-bond acceptors (Lipinski definition) is 4. The van der Waals surface area contributed by atoms with Crippen LogP contribution in [0.25, 0.3) is 0 Å². The largest absolute Gasteiger partial charge is 0.479 e. The molecule has 0 saturated heterocycles. The van der Waals surface area contributed by atoms with Crippen molar-refractivity contribution in [3.8, 4) is 0 Å². The van der Waals surface area contributed by atoms with Crippen molar-refractivity contribution in [2.75, 3.05) is 6.61 Å². The van der Waals surface area contributed by atoms with Gasteiger partial charge in [-0.25, -0.2) is 9.59 Å². The lowest BCUT2D eigenvalue weighted by molar-refractivity contribution is -0.153. The van der Waals surface area contributed by atoms with Gasteiger partial charge in [-0.3, -0.25) is 4.79 Å². The van der Waals surface area contributed by atoms with Crippen LogP contribution in [0.1, 0.15) is 33.6 Å². The summed E-state index contributed by atoms with van der Waals surface area (Å²) in [4.78, 5) is 32.3. The van der Waals surface area contributed by atoms with Gasteiger partial charge in [0.15, 0.2) is 0 Å². The number of nitrogens with one attached hydrogen (secondary N) is 1. The Hall–Kier alpha value is -1.63. The summed E-state index contributed by atoms with van der Waals surface area (Å²) in [6.07, 6.45) is 1.10. The minimum absolute atomic E-state index is 0.250. The highest BCUT2D eigenvalue weighted by molar-refractivity contribution is 6.01. The SMILES string of the molecule is CCC(CC)C(=O)NC(C(=O)O)C(=O)O.CCO. The molecule has 0 saturated carbocycles. The van der Waals surface area contributed by atoms with Crippen molar-refractivity contribution in [3.63, 3.8) is 0 Å². The van der Waals surface area contributed by atoms with E-state index in [1.165, 1.54) is 0 Å². The Morgan fingerprint density at radius 2 is 1.33 bits per heavy atom. The smallest absolute Gasteiger partial charge is 0.338 e. The molecule has 0 aliphatic heterocycles. The summed E-state index contributed by atoms with van der Waals surface area (Å²) in [6, 6.07) is -1.86. The van der Waals surface area contributed by atoms with Crippen LogP contribution >= 0.6 is 0 Å². The van der Waals surface area contributed by atoms with Crippen molar-refractivity contribution in [2.24, 2.45) is 5.92 Å². The van der Waals surface area contributed by atoms with Crippen molar-refractivity contribution >= 4 is 17.8 Å². The molecule has 0 atom stereocenters. The molecule has 0 aliphatic rings. The standard InChI is InChI=1S/C9H15NO5.C2H6O/c1-3-5(4-2)7(11)10-6(8(12)13)9(14)15;1-2-3/h5-6H,3-4H2,1-2H3,(H,10,11)(H,12,13)(H,14,15);3H,2H2,1H3. The summed E-state index contributed by atoms with van der Waals surface area (Å²) in [5, 5.41) is 26.6. The van der Waals surface area contributed by atoms with Crippen LogP contribution in [0.2, 0.25) is 0 Å². The maximum absolute atomic E-state index is 11.4. The zero-order valence-electron chi connectivity index (χ0n) is 10.8.